The van der Waals surface area contributed by atoms with Crippen LogP contribution >= 0.6 is 11.8 Å². The molecule has 1 saturated carbocycles. The molecule has 0 atom stereocenters. The van der Waals surface area contributed by atoms with Crippen LogP contribution in [0.5, 0.6) is 5.75 Å². The summed E-state index contributed by atoms with van der Waals surface area (Å²) in [5.41, 5.74) is 0.695. The van der Waals surface area contributed by atoms with E-state index in [-0.39, 0.29) is 5.91 Å². The summed E-state index contributed by atoms with van der Waals surface area (Å²) in [6, 6.07) is 7.31. The molecule has 0 unspecified atom stereocenters. The number of ether oxygens (including phenoxy) is 1. The molecule has 21 heavy (non-hydrogen) atoms. The van der Waals surface area contributed by atoms with Gasteiger partial charge in [-0.1, -0.05) is 19.3 Å². The molecule has 1 aromatic carbocycles. The number of rotatable bonds is 7. The monoisotopic (exact) mass is 307 g/mol. The lowest BCUT2D eigenvalue weighted by Crippen LogP contribution is -2.26. The first-order chi connectivity index (χ1) is 10.3. The maximum Gasteiger partial charge on any atom is 0.251 e. The Morgan fingerprint density at radius 2 is 1.95 bits per heavy atom. The zero-order valence-corrected chi connectivity index (χ0v) is 13.6. The van der Waals surface area contributed by atoms with Crippen molar-refractivity contribution in [2.75, 3.05) is 18.9 Å². The summed E-state index contributed by atoms with van der Waals surface area (Å²) in [4.78, 5) is 12.0. The lowest BCUT2D eigenvalue weighted by atomic mass is 10.0. The standard InChI is InChI=1S/C17H25NO2S/c1-2-20-15-10-8-14(9-11-15)17(19)18-12-13-21-16-6-4-3-5-7-16/h8-11,16H,2-7,12-13H2,1H3,(H,18,19). The first-order valence-electron chi connectivity index (χ1n) is 7.92. The fraction of sp³-hybridized carbons (Fsp3) is 0.588. The van der Waals surface area contributed by atoms with Crippen molar-refractivity contribution >= 4 is 17.7 Å². The van der Waals surface area contributed by atoms with Gasteiger partial charge in [-0.2, -0.15) is 11.8 Å². The van der Waals surface area contributed by atoms with Crippen molar-refractivity contribution < 1.29 is 9.53 Å². The lowest BCUT2D eigenvalue weighted by Gasteiger charge is -2.20. The maximum atomic E-state index is 12.0. The molecule has 1 aliphatic carbocycles. The molecule has 0 spiro atoms. The molecular weight excluding hydrogens is 282 g/mol. The number of carbonyl (C=O) groups is 1. The van der Waals surface area contributed by atoms with Crippen LogP contribution < -0.4 is 10.1 Å². The van der Waals surface area contributed by atoms with Gasteiger partial charge in [0, 0.05) is 23.1 Å². The van der Waals surface area contributed by atoms with Crippen LogP contribution in [0.4, 0.5) is 0 Å². The highest BCUT2D eigenvalue weighted by Crippen LogP contribution is 2.27. The lowest BCUT2D eigenvalue weighted by molar-refractivity contribution is 0.0956. The molecule has 0 aliphatic heterocycles. The van der Waals surface area contributed by atoms with Crippen molar-refractivity contribution in [2.45, 2.75) is 44.3 Å². The van der Waals surface area contributed by atoms with Gasteiger partial charge in [-0.25, -0.2) is 0 Å². The summed E-state index contributed by atoms with van der Waals surface area (Å²) >= 11 is 2.01. The van der Waals surface area contributed by atoms with Crippen molar-refractivity contribution in [3.63, 3.8) is 0 Å². The van der Waals surface area contributed by atoms with Crippen LogP contribution in [0.2, 0.25) is 0 Å². The van der Waals surface area contributed by atoms with Gasteiger partial charge in [-0.3, -0.25) is 4.79 Å². The molecule has 2 rings (SSSR count). The molecule has 1 fully saturated rings. The summed E-state index contributed by atoms with van der Waals surface area (Å²) in [6.45, 7) is 3.34. The zero-order valence-electron chi connectivity index (χ0n) is 12.8. The van der Waals surface area contributed by atoms with Gasteiger partial charge < -0.3 is 10.1 Å². The van der Waals surface area contributed by atoms with Gasteiger partial charge in [0.25, 0.3) is 5.91 Å². The summed E-state index contributed by atoms with van der Waals surface area (Å²) in [6.07, 6.45) is 6.83. The van der Waals surface area contributed by atoms with Crippen LogP contribution in [0, 0.1) is 0 Å². The van der Waals surface area contributed by atoms with Gasteiger partial charge in [-0.05, 0) is 44.0 Å². The number of nitrogens with one attached hydrogen (secondary N) is 1. The minimum atomic E-state index is 0.00212. The van der Waals surface area contributed by atoms with Crippen LogP contribution in [-0.2, 0) is 0 Å². The molecule has 3 nitrogen and oxygen atoms in total. The Kier molecular flexibility index (Phi) is 6.93. The molecule has 116 valence electrons. The Bertz CT molecular complexity index is 427. The fourth-order valence-corrected chi connectivity index (χ4v) is 3.81. The molecule has 1 N–H and O–H groups in total. The number of hydrogen-bond acceptors (Lipinski definition) is 3. The average molecular weight is 307 g/mol. The predicted molar refractivity (Wildman–Crippen MR) is 89.3 cm³/mol. The summed E-state index contributed by atoms with van der Waals surface area (Å²) in [5.74, 6) is 1.82. The van der Waals surface area contributed by atoms with Crippen molar-refractivity contribution in [3.8, 4) is 5.75 Å². The van der Waals surface area contributed by atoms with E-state index in [1.54, 1.807) is 0 Å². The van der Waals surface area contributed by atoms with Crippen molar-refractivity contribution in [2.24, 2.45) is 0 Å². The van der Waals surface area contributed by atoms with E-state index < -0.39 is 0 Å². The number of amides is 1. The van der Waals surface area contributed by atoms with E-state index in [2.05, 4.69) is 5.32 Å². The van der Waals surface area contributed by atoms with Crippen LogP contribution in [0.15, 0.2) is 24.3 Å². The minimum absolute atomic E-state index is 0.00212. The van der Waals surface area contributed by atoms with E-state index >= 15 is 0 Å². The molecule has 0 heterocycles. The Hall–Kier alpha value is -1.16. The second-order valence-corrected chi connectivity index (χ2v) is 6.75. The highest BCUT2D eigenvalue weighted by molar-refractivity contribution is 7.99. The zero-order chi connectivity index (χ0) is 14.9. The van der Waals surface area contributed by atoms with E-state index in [1.807, 2.05) is 43.0 Å². The normalized spacial score (nSPS) is 15.7. The third-order valence-corrected chi connectivity index (χ3v) is 5.10. The van der Waals surface area contributed by atoms with Crippen LogP contribution in [0.3, 0.4) is 0 Å². The summed E-state index contributed by atoms with van der Waals surface area (Å²) in [7, 11) is 0. The second kappa shape index (κ2) is 8.98. The highest BCUT2D eigenvalue weighted by Gasteiger charge is 2.13. The summed E-state index contributed by atoms with van der Waals surface area (Å²) < 4.78 is 5.37. The van der Waals surface area contributed by atoms with Crippen molar-refractivity contribution in [1.82, 2.24) is 5.32 Å². The fourth-order valence-electron chi connectivity index (χ4n) is 2.59. The molecule has 0 radical (unpaired) electrons. The van der Waals surface area contributed by atoms with Crippen molar-refractivity contribution in [3.05, 3.63) is 29.8 Å². The Labute approximate surface area is 131 Å². The number of benzene rings is 1. The molecule has 0 saturated heterocycles. The van der Waals surface area contributed by atoms with Gasteiger partial charge >= 0.3 is 0 Å². The van der Waals surface area contributed by atoms with Gasteiger partial charge in [0.2, 0.25) is 0 Å². The van der Waals surface area contributed by atoms with Gasteiger partial charge in [0.15, 0.2) is 0 Å². The molecule has 0 aromatic heterocycles. The molecule has 1 aliphatic rings. The Morgan fingerprint density at radius 1 is 1.24 bits per heavy atom. The molecule has 1 aromatic rings. The van der Waals surface area contributed by atoms with E-state index in [4.69, 9.17) is 4.74 Å². The van der Waals surface area contributed by atoms with Crippen LogP contribution in [-0.4, -0.2) is 30.1 Å². The topological polar surface area (TPSA) is 38.3 Å². The first-order valence-corrected chi connectivity index (χ1v) is 8.97. The smallest absolute Gasteiger partial charge is 0.251 e. The molecule has 4 heteroatoms. The predicted octanol–water partition coefficient (Wildman–Crippen LogP) is 3.88. The maximum absolute atomic E-state index is 12.0. The van der Waals surface area contributed by atoms with E-state index in [0.29, 0.717) is 12.2 Å². The minimum Gasteiger partial charge on any atom is -0.494 e. The molecule has 1 amide bonds. The van der Waals surface area contributed by atoms with Gasteiger partial charge in [-0.15, -0.1) is 0 Å². The van der Waals surface area contributed by atoms with E-state index in [9.17, 15) is 4.79 Å². The molecular formula is C17H25NO2S. The first kappa shape index (κ1) is 16.2. The van der Waals surface area contributed by atoms with Crippen LogP contribution in [0.25, 0.3) is 0 Å². The third kappa shape index (κ3) is 5.62. The Morgan fingerprint density at radius 3 is 2.62 bits per heavy atom. The van der Waals surface area contributed by atoms with Gasteiger partial charge in [0.05, 0.1) is 6.61 Å². The van der Waals surface area contributed by atoms with Crippen LogP contribution in [0.1, 0.15) is 49.4 Å². The van der Waals surface area contributed by atoms with E-state index in [1.165, 1.54) is 32.1 Å². The number of thioether (sulfide) groups is 1. The van der Waals surface area contributed by atoms with Gasteiger partial charge in [0.1, 0.15) is 5.75 Å². The second-order valence-electron chi connectivity index (χ2n) is 5.34. The average Bonchev–Trinajstić information content (AvgIpc) is 2.53. The van der Waals surface area contributed by atoms with Crippen molar-refractivity contribution in [1.29, 1.82) is 0 Å². The largest absolute Gasteiger partial charge is 0.494 e. The molecule has 0 bridgehead atoms. The number of carbonyl (C=O) groups excluding carboxylic acids is 1. The Balaban J connectivity index is 1.66. The summed E-state index contributed by atoms with van der Waals surface area (Å²) in [5, 5.41) is 3.80. The van der Waals surface area contributed by atoms with E-state index in [0.717, 1.165) is 23.3 Å². The third-order valence-electron chi connectivity index (χ3n) is 3.72. The SMILES string of the molecule is CCOc1ccc(C(=O)NCCSC2CCCCC2)cc1. The quantitative estimate of drug-likeness (QED) is 0.777. The number of hydrogen-bond donors (Lipinski definition) is 1. The highest BCUT2D eigenvalue weighted by atomic mass is 32.2.